The fourth-order valence-corrected chi connectivity index (χ4v) is 2.51. The number of anilines is 1. The molecule has 0 aromatic heterocycles. The normalized spacial score (nSPS) is 18.0. The van der Waals surface area contributed by atoms with Crippen molar-refractivity contribution in [2.24, 2.45) is 5.73 Å². The molecule has 0 radical (unpaired) electrons. The summed E-state index contributed by atoms with van der Waals surface area (Å²) in [5, 5.41) is 0. The molecule has 1 aliphatic heterocycles. The summed E-state index contributed by atoms with van der Waals surface area (Å²) < 4.78 is 13.7. The number of rotatable bonds is 3. The first-order valence-electron chi connectivity index (χ1n) is 6.51. The van der Waals surface area contributed by atoms with Crippen molar-refractivity contribution in [2.75, 3.05) is 32.1 Å². The van der Waals surface area contributed by atoms with E-state index in [0.29, 0.717) is 11.6 Å². The number of nitrogens with zero attached hydrogens (tertiary/aromatic N) is 2. The number of benzene rings is 1. The fraction of sp³-hybridized carbons (Fsp3) is 0.571. The Bertz CT molecular complexity index is 400. The Hall–Kier alpha value is -1.13. The van der Waals surface area contributed by atoms with E-state index < -0.39 is 0 Å². The maximum absolute atomic E-state index is 13.7. The van der Waals surface area contributed by atoms with Crippen LogP contribution in [0.1, 0.15) is 18.4 Å². The second-order valence-corrected chi connectivity index (χ2v) is 5.13. The highest BCUT2D eigenvalue weighted by Crippen LogP contribution is 2.23. The van der Waals surface area contributed by atoms with E-state index in [1.807, 2.05) is 13.1 Å². The smallest absolute Gasteiger partial charge is 0.129 e. The molecule has 1 saturated heterocycles. The minimum absolute atomic E-state index is 0.199. The maximum atomic E-state index is 13.7. The third kappa shape index (κ3) is 2.82. The second-order valence-electron chi connectivity index (χ2n) is 5.13. The van der Waals surface area contributed by atoms with Gasteiger partial charge in [0.05, 0.1) is 0 Å². The Labute approximate surface area is 108 Å². The minimum Gasteiger partial charge on any atom is -0.371 e. The fourth-order valence-electron chi connectivity index (χ4n) is 2.51. The van der Waals surface area contributed by atoms with Gasteiger partial charge in [0.2, 0.25) is 0 Å². The Morgan fingerprint density at radius 2 is 2.06 bits per heavy atom. The van der Waals surface area contributed by atoms with E-state index in [2.05, 4.69) is 16.8 Å². The lowest BCUT2D eigenvalue weighted by atomic mass is 10.0. The molecule has 3 nitrogen and oxygen atoms in total. The summed E-state index contributed by atoms with van der Waals surface area (Å²) in [6, 6.07) is 5.85. The Morgan fingerprint density at radius 3 is 2.61 bits per heavy atom. The Morgan fingerprint density at radius 1 is 1.39 bits per heavy atom. The van der Waals surface area contributed by atoms with Crippen LogP contribution in [-0.4, -0.2) is 38.1 Å². The number of likely N-dealkylation sites (tertiary alicyclic amines) is 1. The molecule has 1 aromatic carbocycles. The van der Waals surface area contributed by atoms with E-state index in [9.17, 15) is 4.39 Å². The lowest BCUT2D eigenvalue weighted by Gasteiger charge is -2.36. The first-order valence-corrected chi connectivity index (χ1v) is 6.51. The third-order valence-electron chi connectivity index (χ3n) is 3.90. The van der Waals surface area contributed by atoms with Gasteiger partial charge in [-0.25, -0.2) is 4.39 Å². The van der Waals surface area contributed by atoms with Gasteiger partial charge >= 0.3 is 0 Å². The Kier molecular flexibility index (Phi) is 4.19. The number of halogens is 1. The van der Waals surface area contributed by atoms with E-state index in [0.717, 1.165) is 31.6 Å². The molecular weight excluding hydrogens is 229 g/mol. The predicted molar refractivity (Wildman–Crippen MR) is 73.2 cm³/mol. The van der Waals surface area contributed by atoms with Crippen molar-refractivity contribution >= 4 is 5.69 Å². The number of nitrogens with two attached hydrogens (primary N) is 1. The van der Waals surface area contributed by atoms with E-state index in [1.165, 1.54) is 0 Å². The van der Waals surface area contributed by atoms with Crippen LogP contribution in [-0.2, 0) is 6.54 Å². The number of hydrogen-bond acceptors (Lipinski definition) is 3. The molecule has 1 fully saturated rings. The molecule has 0 aliphatic carbocycles. The summed E-state index contributed by atoms with van der Waals surface area (Å²) in [5.41, 5.74) is 7.00. The molecule has 18 heavy (non-hydrogen) atoms. The number of hydrogen-bond donors (Lipinski definition) is 1. The zero-order chi connectivity index (χ0) is 13.1. The first kappa shape index (κ1) is 13.3. The molecule has 0 amide bonds. The van der Waals surface area contributed by atoms with Gasteiger partial charge in [-0.1, -0.05) is 6.07 Å². The Balaban J connectivity index is 2.08. The van der Waals surface area contributed by atoms with E-state index in [-0.39, 0.29) is 12.4 Å². The van der Waals surface area contributed by atoms with Gasteiger partial charge < -0.3 is 15.5 Å². The van der Waals surface area contributed by atoms with Crippen molar-refractivity contribution < 1.29 is 4.39 Å². The highest BCUT2D eigenvalue weighted by Gasteiger charge is 2.21. The monoisotopic (exact) mass is 251 g/mol. The maximum Gasteiger partial charge on any atom is 0.129 e. The molecule has 2 rings (SSSR count). The van der Waals surface area contributed by atoms with Crippen LogP contribution in [0.5, 0.6) is 0 Å². The van der Waals surface area contributed by atoms with Crippen LogP contribution in [0, 0.1) is 5.82 Å². The molecule has 4 heteroatoms. The molecule has 1 heterocycles. The van der Waals surface area contributed by atoms with Crippen molar-refractivity contribution in [1.29, 1.82) is 0 Å². The average molecular weight is 251 g/mol. The standard InChI is InChI=1S/C14H22FN3/c1-17-7-5-12(6-8-17)18(2)13-4-3-11(10-16)14(15)9-13/h3-4,9,12H,5-8,10,16H2,1-2H3. The highest BCUT2D eigenvalue weighted by molar-refractivity contribution is 5.48. The van der Waals surface area contributed by atoms with Crippen molar-refractivity contribution in [3.8, 4) is 0 Å². The SMILES string of the molecule is CN1CCC(N(C)c2ccc(CN)c(F)c2)CC1. The molecule has 0 bridgehead atoms. The molecule has 1 aromatic rings. The van der Waals surface area contributed by atoms with Crippen molar-refractivity contribution in [3.63, 3.8) is 0 Å². The lowest BCUT2D eigenvalue weighted by Crippen LogP contribution is -2.42. The summed E-state index contributed by atoms with van der Waals surface area (Å²) in [4.78, 5) is 4.53. The molecule has 0 saturated carbocycles. The van der Waals surface area contributed by atoms with Gasteiger partial charge in [0.25, 0.3) is 0 Å². The van der Waals surface area contributed by atoms with E-state index in [4.69, 9.17) is 5.73 Å². The van der Waals surface area contributed by atoms with Crippen molar-refractivity contribution in [3.05, 3.63) is 29.6 Å². The number of piperidine rings is 1. The second kappa shape index (κ2) is 5.67. The summed E-state index contributed by atoms with van der Waals surface area (Å²) >= 11 is 0. The summed E-state index contributed by atoms with van der Waals surface area (Å²) in [5.74, 6) is -0.199. The summed E-state index contributed by atoms with van der Waals surface area (Å²) in [6.07, 6.45) is 2.26. The first-order chi connectivity index (χ1) is 8.61. The van der Waals surface area contributed by atoms with Crippen molar-refractivity contribution in [2.45, 2.75) is 25.4 Å². The third-order valence-corrected chi connectivity index (χ3v) is 3.90. The van der Waals surface area contributed by atoms with Crippen LogP contribution in [0.3, 0.4) is 0 Å². The highest BCUT2D eigenvalue weighted by atomic mass is 19.1. The molecule has 0 unspecified atom stereocenters. The van der Waals surface area contributed by atoms with Crippen molar-refractivity contribution in [1.82, 2.24) is 4.90 Å². The van der Waals surface area contributed by atoms with Crippen LogP contribution in [0.4, 0.5) is 10.1 Å². The zero-order valence-electron chi connectivity index (χ0n) is 11.2. The average Bonchev–Trinajstić information content (AvgIpc) is 2.38. The van der Waals surface area contributed by atoms with Gasteiger partial charge in [0, 0.05) is 30.9 Å². The molecular formula is C14H22FN3. The van der Waals surface area contributed by atoms with Gasteiger partial charge in [-0.05, 0) is 45.1 Å². The zero-order valence-corrected chi connectivity index (χ0v) is 11.2. The van der Waals surface area contributed by atoms with Gasteiger partial charge in [0.15, 0.2) is 0 Å². The largest absolute Gasteiger partial charge is 0.371 e. The quantitative estimate of drug-likeness (QED) is 0.889. The van der Waals surface area contributed by atoms with E-state index in [1.54, 1.807) is 12.1 Å². The van der Waals surface area contributed by atoms with Gasteiger partial charge in [-0.3, -0.25) is 0 Å². The van der Waals surface area contributed by atoms with Crippen LogP contribution < -0.4 is 10.6 Å². The summed E-state index contributed by atoms with van der Waals surface area (Å²) in [6.45, 7) is 2.47. The minimum atomic E-state index is -0.199. The van der Waals surface area contributed by atoms with Gasteiger partial charge in [0.1, 0.15) is 5.82 Å². The van der Waals surface area contributed by atoms with Crippen LogP contribution >= 0.6 is 0 Å². The topological polar surface area (TPSA) is 32.5 Å². The lowest BCUT2D eigenvalue weighted by molar-refractivity contribution is 0.253. The summed E-state index contributed by atoms with van der Waals surface area (Å²) in [7, 11) is 4.19. The molecule has 0 spiro atoms. The molecule has 0 atom stereocenters. The van der Waals surface area contributed by atoms with Gasteiger partial charge in [-0.15, -0.1) is 0 Å². The van der Waals surface area contributed by atoms with Crippen LogP contribution in [0.25, 0.3) is 0 Å². The van der Waals surface area contributed by atoms with Crippen LogP contribution in [0.15, 0.2) is 18.2 Å². The van der Waals surface area contributed by atoms with E-state index >= 15 is 0 Å². The van der Waals surface area contributed by atoms with Gasteiger partial charge in [-0.2, -0.15) is 0 Å². The molecule has 1 aliphatic rings. The molecule has 2 N–H and O–H groups in total. The molecule has 100 valence electrons. The van der Waals surface area contributed by atoms with Crippen LogP contribution in [0.2, 0.25) is 0 Å². The predicted octanol–water partition coefficient (Wildman–Crippen LogP) is 1.81.